The van der Waals surface area contributed by atoms with Gasteiger partial charge >= 0.3 is 0 Å². The van der Waals surface area contributed by atoms with E-state index in [1.165, 1.54) is 13.2 Å². The molecule has 0 aromatic heterocycles. The van der Waals surface area contributed by atoms with Gasteiger partial charge in [0.1, 0.15) is 11.4 Å². The monoisotopic (exact) mass is 290 g/mol. The van der Waals surface area contributed by atoms with Crippen molar-refractivity contribution in [3.05, 3.63) is 34.1 Å². The quantitative estimate of drug-likeness (QED) is 0.923. The summed E-state index contributed by atoms with van der Waals surface area (Å²) >= 11 is 3.27. The molecule has 0 amide bonds. The van der Waals surface area contributed by atoms with Crippen LogP contribution in [0.5, 0.6) is 0 Å². The van der Waals surface area contributed by atoms with Crippen LogP contribution in [0.2, 0.25) is 0 Å². The van der Waals surface area contributed by atoms with Crippen LogP contribution < -0.4 is 0 Å². The Kier molecular flexibility index (Phi) is 4.47. The van der Waals surface area contributed by atoms with Gasteiger partial charge in [-0.15, -0.1) is 0 Å². The maximum Gasteiger partial charge on any atom is 0.129 e. The van der Waals surface area contributed by atoms with Gasteiger partial charge in [-0.05, 0) is 24.1 Å². The minimum atomic E-state index is -1.30. The van der Waals surface area contributed by atoms with Gasteiger partial charge in [0.2, 0.25) is 0 Å². The van der Waals surface area contributed by atoms with Gasteiger partial charge in [-0.1, -0.05) is 29.8 Å². The molecule has 0 aliphatic heterocycles. The molecular weight excluding hydrogens is 275 g/mol. The molecule has 0 saturated heterocycles. The Balaban J connectivity index is 3.25. The summed E-state index contributed by atoms with van der Waals surface area (Å²) in [5.41, 5.74) is -1.04. The molecule has 1 atom stereocenters. The minimum absolute atomic E-state index is 0.0675. The van der Waals surface area contributed by atoms with E-state index in [1.807, 2.05) is 13.8 Å². The van der Waals surface area contributed by atoms with Crippen LogP contribution in [0.15, 0.2) is 22.7 Å². The Labute approximate surface area is 104 Å². The molecule has 0 heterocycles. The molecule has 1 aromatic rings. The number of rotatable bonds is 4. The lowest BCUT2D eigenvalue weighted by molar-refractivity contribution is -0.0723. The van der Waals surface area contributed by atoms with Crippen LogP contribution in [0.4, 0.5) is 4.39 Å². The highest BCUT2D eigenvalue weighted by atomic mass is 79.9. The summed E-state index contributed by atoms with van der Waals surface area (Å²) in [6.07, 6.45) is 0. The van der Waals surface area contributed by atoms with Crippen molar-refractivity contribution >= 4 is 15.9 Å². The van der Waals surface area contributed by atoms with Crippen molar-refractivity contribution < 1.29 is 14.2 Å². The summed E-state index contributed by atoms with van der Waals surface area (Å²) < 4.78 is 19.4. The number of ether oxygens (including phenoxy) is 1. The first-order valence-corrected chi connectivity index (χ1v) is 5.88. The SMILES string of the molecule is COCC(O)(c1cc(Br)ccc1F)C(C)C. The second-order valence-corrected chi connectivity index (χ2v) is 5.05. The van der Waals surface area contributed by atoms with Crippen LogP contribution in [0.3, 0.4) is 0 Å². The molecule has 1 aromatic carbocycles. The summed E-state index contributed by atoms with van der Waals surface area (Å²) in [5.74, 6) is -0.562. The van der Waals surface area contributed by atoms with E-state index < -0.39 is 11.4 Å². The van der Waals surface area contributed by atoms with Crippen LogP contribution in [0, 0.1) is 11.7 Å². The topological polar surface area (TPSA) is 29.5 Å². The van der Waals surface area contributed by atoms with E-state index in [4.69, 9.17) is 4.74 Å². The Morgan fingerprint density at radius 1 is 1.50 bits per heavy atom. The minimum Gasteiger partial charge on any atom is -0.382 e. The normalized spacial score (nSPS) is 15.2. The van der Waals surface area contributed by atoms with Crippen LogP contribution in [0.25, 0.3) is 0 Å². The maximum absolute atomic E-state index is 13.7. The van der Waals surface area contributed by atoms with Crippen molar-refractivity contribution in [2.24, 2.45) is 5.92 Å². The number of halogens is 2. The molecule has 90 valence electrons. The maximum atomic E-state index is 13.7. The average Bonchev–Trinajstić information content (AvgIpc) is 2.21. The highest BCUT2D eigenvalue weighted by Gasteiger charge is 2.35. The molecule has 0 aliphatic carbocycles. The first kappa shape index (κ1) is 13.6. The van der Waals surface area contributed by atoms with Gasteiger partial charge in [0, 0.05) is 17.1 Å². The van der Waals surface area contributed by atoms with Crippen LogP contribution >= 0.6 is 15.9 Å². The van der Waals surface area contributed by atoms with Gasteiger partial charge in [-0.3, -0.25) is 0 Å². The second kappa shape index (κ2) is 5.25. The Bertz CT molecular complexity index is 368. The molecule has 1 N–H and O–H groups in total. The first-order valence-electron chi connectivity index (χ1n) is 5.08. The summed E-state index contributed by atoms with van der Waals surface area (Å²) in [6.45, 7) is 3.73. The lowest BCUT2D eigenvalue weighted by Crippen LogP contribution is -2.37. The molecule has 16 heavy (non-hydrogen) atoms. The zero-order valence-corrected chi connectivity index (χ0v) is 11.2. The fraction of sp³-hybridized carbons (Fsp3) is 0.500. The van der Waals surface area contributed by atoms with E-state index in [0.717, 1.165) is 4.47 Å². The molecule has 1 unspecified atom stereocenters. The van der Waals surface area contributed by atoms with Gasteiger partial charge in [-0.25, -0.2) is 4.39 Å². The lowest BCUT2D eigenvalue weighted by atomic mass is 9.84. The molecule has 1 rings (SSSR count). The number of benzene rings is 1. The fourth-order valence-corrected chi connectivity index (χ4v) is 1.97. The molecule has 0 bridgehead atoms. The van der Waals surface area contributed by atoms with E-state index in [0.29, 0.717) is 0 Å². The van der Waals surface area contributed by atoms with Crippen molar-refractivity contribution in [2.75, 3.05) is 13.7 Å². The van der Waals surface area contributed by atoms with Crippen LogP contribution in [-0.4, -0.2) is 18.8 Å². The second-order valence-electron chi connectivity index (χ2n) is 4.14. The number of hydrogen-bond donors (Lipinski definition) is 1. The standard InChI is InChI=1S/C12H16BrFO2/c1-8(2)12(15,7-16-3)10-6-9(13)4-5-11(10)14/h4-6,8,15H,7H2,1-3H3. The van der Waals surface area contributed by atoms with Crippen molar-refractivity contribution in [1.82, 2.24) is 0 Å². The van der Waals surface area contributed by atoms with Crippen LogP contribution in [0.1, 0.15) is 19.4 Å². The summed E-state index contributed by atoms with van der Waals surface area (Å²) in [6, 6.07) is 4.53. The van der Waals surface area contributed by atoms with E-state index in [1.54, 1.807) is 12.1 Å². The highest BCUT2D eigenvalue weighted by molar-refractivity contribution is 9.10. The highest BCUT2D eigenvalue weighted by Crippen LogP contribution is 2.33. The fourth-order valence-electron chi connectivity index (χ4n) is 1.60. The van der Waals surface area contributed by atoms with Crippen molar-refractivity contribution in [3.63, 3.8) is 0 Å². The van der Waals surface area contributed by atoms with Crippen molar-refractivity contribution in [1.29, 1.82) is 0 Å². The van der Waals surface area contributed by atoms with E-state index >= 15 is 0 Å². The number of methoxy groups -OCH3 is 1. The van der Waals surface area contributed by atoms with Crippen LogP contribution in [-0.2, 0) is 10.3 Å². The van der Waals surface area contributed by atoms with Gasteiger partial charge in [0.05, 0.1) is 6.61 Å². The molecule has 0 radical (unpaired) electrons. The zero-order chi connectivity index (χ0) is 12.3. The zero-order valence-electron chi connectivity index (χ0n) is 9.63. The van der Waals surface area contributed by atoms with Gasteiger partial charge in [-0.2, -0.15) is 0 Å². The third kappa shape index (κ3) is 2.62. The van der Waals surface area contributed by atoms with E-state index in [2.05, 4.69) is 15.9 Å². The molecule has 0 saturated carbocycles. The molecule has 2 nitrogen and oxygen atoms in total. The molecule has 0 aliphatic rings. The van der Waals surface area contributed by atoms with Gasteiger partial charge < -0.3 is 9.84 Å². The summed E-state index contributed by atoms with van der Waals surface area (Å²) in [5, 5.41) is 10.5. The van der Waals surface area contributed by atoms with Gasteiger partial charge in [0.25, 0.3) is 0 Å². The molecular formula is C12H16BrFO2. The third-order valence-corrected chi connectivity index (χ3v) is 3.21. The number of aliphatic hydroxyl groups is 1. The Morgan fingerprint density at radius 2 is 2.12 bits per heavy atom. The third-order valence-electron chi connectivity index (χ3n) is 2.71. The first-order chi connectivity index (χ1) is 7.41. The largest absolute Gasteiger partial charge is 0.382 e. The average molecular weight is 291 g/mol. The van der Waals surface area contributed by atoms with E-state index in [-0.39, 0.29) is 18.1 Å². The summed E-state index contributed by atoms with van der Waals surface area (Å²) in [7, 11) is 1.49. The molecule has 0 spiro atoms. The molecule has 4 heteroatoms. The van der Waals surface area contributed by atoms with Crippen molar-refractivity contribution in [3.8, 4) is 0 Å². The Morgan fingerprint density at radius 3 is 2.62 bits per heavy atom. The lowest BCUT2D eigenvalue weighted by Gasteiger charge is -2.32. The smallest absolute Gasteiger partial charge is 0.129 e. The van der Waals surface area contributed by atoms with Gasteiger partial charge in [0.15, 0.2) is 0 Å². The predicted molar refractivity (Wildman–Crippen MR) is 64.7 cm³/mol. The summed E-state index contributed by atoms with van der Waals surface area (Å²) in [4.78, 5) is 0. The van der Waals surface area contributed by atoms with E-state index in [9.17, 15) is 9.50 Å². The Hall–Kier alpha value is -0.450. The number of hydrogen-bond acceptors (Lipinski definition) is 2. The van der Waals surface area contributed by atoms with Crippen molar-refractivity contribution in [2.45, 2.75) is 19.4 Å². The molecule has 0 fully saturated rings. The predicted octanol–water partition coefficient (Wildman–Crippen LogP) is 3.08.